The highest BCUT2D eigenvalue weighted by Gasteiger charge is 2.07. The Kier molecular flexibility index (Phi) is 4.44. The number of nitrogens with zero attached hydrogens (tertiary/aromatic N) is 3. The minimum absolute atomic E-state index is 0.254. The predicted molar refractivity (Wildman–Crippen MR) is 70.6 cm³/mol. The van der Waals surface area contributed by atoms with Gasteiger partial charge in [-0.2, -0.15) is 5.10 Å². The van der Waals surface area contributed by atoms with Crippen molar-refractivity contribution in [3.05, 3.63) is 35.8 Å². The second-order valence-electron chi connectivity index (χ2n) is 4.02. The van der Waals surface area contributed by atoms with E-state index in [4.69, 9.17) is 0 Å². The van der Waals surface area contributed by atoms with Crippen LogP contribution in [0.15, 0.2) is 24.5 Å². The van der Waals surface area contributed by atoms with Crippen LogP contribution < -0.4 is 10.6 Å². The van der Waals surface area contributed by atoms with Gasteiger partial charge in [-0.3, -0.25) is 9.89 Å². The lowest BCUT2D eigenvalue weighted by molar-refractivity contribution is 0.0945. The molecule has 0 bridgehead atoms. The van der Waals surface area contributed by atoms with E-state index in [0.717, 1.165) is 18.5 Å². The number of nitrogens with one attached hydrogen (secondary N) is 3. The Morgan fingerprint density at radius 1 is 1.37 bits per heavy atom. The molecule has 7 nitrogen and oxygen atoms in total. The molecule has 0 aliphatic rings. The summed E-state index contributed by atoms with van der Waals surface area (Å²) in [6.45, 7) is 3.31. The van der Waals surface area contributed by atoms with Gasteiger partial charge in [0.25, 0.3) is 5.91 Å². The molecule has 2 heterocycles. The number of anilines is 1. The minimum Gasteiger partial charge on any atom is -0.369 e. The molecule has 1 amide bonds. The maximum Gasteiger partial charge on any atom is 0.272 e. The summed E-state index contributed by atoms with van der Waals surface area (Å²) in [6, 6.07) is 3.39. The van der Waals surface area contributed by atoms with Gasteiger partial charge in [0, 0.05) is 24.8 Å². The van der Waals surface area contributed by atoms with Crippen molar-refractivity contribution < 1.29 is 4.79 Å². The fourth-order valence-electron chi connectivity index (χ4n) is 1.45. The second kappa shape index (κ2) is 6.48. The lowest BCUT2D eigenvalue weighted by Crippen LogP contribution is -2.24. The zero-order valence-corrected chi connectivity index (χ0v) is 10.7. The van der Waals surface area contributed by atoms with Gasteiger partial charge >= 0.3 is 0 Å². The van der Waals surface area contributed by atoms with E-state index in [1.807, 2.05) is 0 Å². The van der Waals surface area contributed by atoms with Gasteiger partial charge in [0.05, 0.1) is 6.20 Å². The van der Waals surface area contributed by atoms with Crippen LogP contribution in [0.4, 0.5) is 5.82 Å². The lowest BCUT2D eigenvalue weighted by Gasteiger charge is -2.04. The van der Waals surface area contributed by atoms with Gasteiger partial charge in [-0.15, -0.1) is 10.2 Å². The minimum atomic E-state index is -0.254. The Morgan fingerprint density at radius 3 is 2.89 bits per heavy atom. The summed E-state index contributed by atoms with van der Waals surface area (Å²) in [4.78, 5) is 11.8. The van der Waals surface area contributed by atoms with E-state index in [2.05, 4.69) is 38.0 Å². The van der Waals surface area contributed by atoms with E-state index in [0.29, 0.717) is 18.1 Å². The van der Waals surface area contributed by atoms with Crippen molar-refractivity contribution >= 4 is 11.7 Å². The van der Waals surface area contributed by atoms with Crippen molar-refractivity contribution in [2.45, 2.75) is 19.9 Å². The molecular weight excluding hydrogens is 244 g/mol. The van der Waals surface area contributed by atoms with E-state index >= 15 is 0 Å². The smallest absolute Gasteiger partial charge is 0.272 e. The van der Waals surface area contributed by atoms with Crippen molar-refractivity contribution in [1.29, 1.82) is 0 Å². The number of carbonyl (C=O) groups excluding carboxylic acids is 1. The first-order chi connectivity index (χ1) is 9.29. The number of aromatic nitrogens is 4. The second-order valence-corrected chi connectivity index (χ2v) is 4.02. The van der Waals surface area contributed by atoms with E-state index < -0.39 is 0 Å². The first-order valence-corrected chi connectivity index (χ1v) is 6.13. The summed E-state index contributed by atoms with van der Waals surface area (Å²) >= 11 is 0. The number of hydrogen-bond acceptors (Lipinski definition) is 5. The summed E-state index contributed by atoms with van der Waals surface area (Å²) in [7, 11) is 0. The van der Waals surface area contributed by atoms with Crippen LogP contribution in [0.25, 0.3) is 0 Å². The topological polar surface area (TPSA) is 95.6 Å². The van der Waals surface area contributed by atoms with Crippen molar-refractivity contribution in [2.24, 2.45) is 0 Å². The molecule has 100 valence electrons. The highest BCUT2D eigenvalue weighted by atomic mass is 16.1. The standard InChI is InChI=1S/C12H16N6O/c1-2-5-13-11-4-3-10(17-18-11)12(19)14-6-9-7-15-16-8-9/h3-4,7-8H,2,5-6H2,1H3,(H,13,18)(H,14,19)(H,15,16). The van der Waals surface area contributed by atoms with Crippen molar-refractivity contribution in [3.8, 4) is 0 Å². The fourth-order valence-corrected chi connectivity index (χ4v) is 1.45. The zero-order valence-electron chi connectivity index (χ0n) is 10.7. The van der Waals surface area contributed by atoms with Crippen LogP contribution in [0.2, 0.25) is 0 Å². The zero-order chi connectivity index (χ0) is 13.5. The fraction of sp³-hybridized carbons (Fsp3) is 0.333. The van der Waals surface area contributed by atoms with Crippen LogP contribution in [-0.4, -0.2) is 32.8 Å². The van der Waals surface area contributed by atoms with Gasteiger partial charge in [0.2, 0.25) is 0 Å². The third-order valence-corrected chi connectivity index (χ3v) is 2.46. The van der Waals surface area contributed by atoms with Gasteiger partial charge in [-0.25, -0.2) is 0 Å². The third-order valence-electron chi connectivity index (χ3n) is 2.46. The molecule has 0 spiro atoms. The summed E-state index contributed by atoms with van der Waals surface area (Å²) in [5.41, 5.74) is 1.20. The first-order valence-electron chi connectivity index (χ1n) is 6.13. The maximum absolute atomic E-state index is 11.8. The van der Waals surface area contributed by atoms with Gasteiger partial charge < -0.3 is 10.6 Å². The van der Waals surface area contributed by atoms with Gasteiger partial charge in [0.1, 0.15) is 5.82 Å². The number of rotatable bonds is 6. The van der Waals surface area contributed by atoms with Crippen molar-refractivity contribution in [2.75, 3.05) is 11.9 Å². The average Bonchev–Trinajstić information content (AvgIpc) is 2.96. The molecule has 0 aliphatic carbocycles. The van der Waals surface area contributed by atoms with Crippen molar-refractivity contribution in [3.63, 3.8) is 0 Å². The van der Waals surface area contributed by atoms with Crippen LogP contribution in [0, 0.1) is 0 Å². The van der Waals surface area contributed by atoms with E-state index in [-0.39, 0.29) is 5.91 Å². The molecular formula is C12H16N6O. The Labute approximate surface area is 110 Å². The molecule has 0 saturated heterocycles. The number of hydrogen-bond donors (Lipinski definition) is 3. The number of aromatic amines is 1. The summed E-state index contributed by atoms with van der Waals surface area (Å²) in [5, 5.41) is 20.1. The predicted octanol–water partition coefficient (Wildman–Crippen LogP) is 0.952. The van der Waals surface area contributed by atoms with E-state index in [1.165, 1.54) is 0 Å². The molecule has 2 aromatic rings. The quantitative estimate of drug-likeness (QED) is 0.718. The van der Waals surface area contributed by atoms with Crippen LogP contribution >= 0.6 is 0 Å². The van der Waals surface area contributed by atoms with Crippen LogP contribution in [-0.2, 0) is 6.54 Å². The molecule has 7 heteroatoms. The molecule has 0 fully saturated rings. The molecule has 2 rings (SSSR count). The molecule has 0 atom stereocenters. The number of carbonyl (C=O) groups is 1. The van der Waals surface area contributed by atoms with Gasteiger partial charge in [-0.05, 0) is 18.6 Å². The van der Waals surface area contributed by atoms with Crippen LogP contribution in [0.1, 0.15) is 29.4 Å². The molecule has 0 radical (unpaired) electrons. The Balaban J connectivity index is 1.88. The van der Waals surface area contributed by atoms with Crippen LogP contribution in [0.3, 0.4) is 0 Å². The molecule has 0 unspecified atom stereocenters. The summed E-state index contributed by atoms with van der Waals surface area (Å²) in [6.07, 6.45) is 4.39. The number of H-pyrrole nitrogens is 1. The highest BCUT2D eigenvalue weighted by molar-refractivity contribution is 5.92. The highest BCUT2D eigenvalue weighted by Crippen LogP contribution is 2.02. The Morgan fingerprint density at radius 2 is 2.26 bits per heavy atom. The molecule has 0 saturated carbocycles. The maximum atomic E-state index is 11.8. The lowest BCUT2D eigenvalue weighted by atomic mass is 10.3. The van der Waals surface area contributed by atoms with E-state index in [9.17, 15) is 4.79 Å². The summed E-state index contributed by atoms with van der Waals surface area (Å²) < 4.78 is 0. The van der Waals surface area contributed by atoms with Gasteiger partial charge in [0.15, 0.2) is 5.69 Å². The summed E-state index contributed by atoms with van der Waals surface area (Å²) in [5.74, 6) is 0.420. The Bertz CT molecular complexity index is 508. The monoisotopic (exact) mass is 260 g/mol. The first kappa shape index (κ1) is 13.0. The molecule has 3 N–H and O–H groups in total. The molecule has 0 aliphatic heterocycles. The van der Waals surface area contributed by atoms with Gasteiger partial charge in [-0.1, -0.05) is 6.92 Å². The Hall–Kier alpha value is -2.44. The molecule has 0 aromatic carbocycles. The average molecular weight is 260 g/mol. The number of amides is 1. The molecule has 19 heavy (non-hydrogen) atoms. The third kappa shape index (κ3) is 3.77. The largest absolute Gasteiger partial charge is 0.369 e. The SMILES string of the molecule is CCCNc1ccc(C(=O)NCc2cn[nH]c2)nn1. The normalized spacial score (nSPS) is 10.2. The van der Waals surface area contributed by atoms with Crippen molar-refractivity contribution in [1.82, 2.24) is 25.7 Å². The van der Waals surface area contributed by atoms with Crippen LogP contribution in [0.5, 0.6) is 0 Å². The van der Waals surface area contributed by atoms with E-state index in [1.54, 1.807) is 24.5 Å². The molecule has 2 aromatic heterocycles.